The Morgan fingerprint density at radius 3 is 2.27 bits per heavy atom. The van der Waals surface area contributed by atoms with Crippen molar-refractivity contribution in [2.24, 2.45) is 34.5 Å². The summed E-state index contributed by atoms with van der Waals surface area (Å²) < 4.78 is 11.4. The third kappa shape index (κ3) is 3.67. The summed E-state index contributed by atoms with van der Waals surface area (Å²) in [5, 5.41) is 50.3. The van der Waals surface area contributed by atoms with E-state index < -0.39 is 36.7 Å². The van der Waals surface area contributed by atoms with E-state index in [0.717, 1.165) is 44.9 Å². The Labute approximate surface area is 195 Å². The van der Waals surface area contributed by atoms with Gasteiger partial charge in [0.1, 0.15) is 18.3 Å². The lowest BCUT2D eigenvalue weighted by atomic mass is 9.45. The smallest absolute Gasteiger partial charge is 0.335 e. The van der Waals surface area contributed by atoms with Gasteiger partial charge in [0, 0.05) is 0 Å². The van der Waals surface area contributed by atoms with E-state index in [1.54, 1.807) is 0 Å². The summed E-state index contributed by atoms with van der Waals surface area (Å²) in [7, 11) is 0. The van der Waals surface area contributed by atoms with Crippen molar-refractivity contribution in [3.8, 4) is 0 Å². The number of fused-ring (bicyclic) bond motifs is 5. The first-order valence-electron chi connectivity index (χ1n) is 12.8. The van der Waals surface area contributed by atoms with Crippen LogP contribution in [0.2, 0.25) is 0 Å². The van der Waals surface area contributed by atoms with Gasteiger partial charge in [-0.05, 0) is 92.3 Å². The molecule has 4 aliphatic carbocycles. The molecule has 8 heteroatoms. The second-order valence-corrected chi connectivity index (χ2v) is 12.1. The molecule has 4 saturated carbocycles. The van der Waals surface area contributed by atoms with Crippen LogP contribution in [0.5, 0.6) is 0 Å². The molecule has 0 aromatic heterocycles. The predicted octanol–water partition coefficient (Wildman–Crippen LogP) is 1.67. The molecule has 5 N–H and O–H groups in total. The van der Waals surface area contributed by atoms with Gasteiger partial charge < -0.3 is 35.0 Å². The predicted molar refractivity (Wildman–Crippen MR) is 117 cm³/mol. The van der Waals surface area contributed by atoms with E-state index in [2.05, 4.69) is 13.8 Å². The van der Waals surface area contributed by atoms with Gasteiger partial charge in [0.05, 0.1) is 12.2 Å². The summed E-state index contributed by atoms with van der Waals surface area (Å²) in [6.07, 6.45) is 1.19. The summed E-state index contributed by atoms with van der Waals surface area (Å²) in [6.45, 7) is 4.74. The van der Waals surface area contributed by atoms with Crippen molar-refractivity contribution >= 4 is 5.97 Å². The number of hydrogen-bond acceptors (Lipinski definition) is 7. The van der Waals surface area contributed by atoms with Gasteiger partial charge in [-0.15, -0.1) is 0 Å². The lowest BCUT2D eigenvalue weighted by Gasteiger charge is -2.61. The number of ether oxygens (including phenoxy) is 2. The summed E-state index contributed by atoms with van der Waals surface area (Å²) in [4.78, 5) is 11.4. The highest BCUT2D eigenvalue weighted by atomic mass is 16.7. The number of aliphatic carboxylic acids is 1. The van der Waals surface area contributed by atoms with Crippen LogP contribution in [-0.2, 0) is 14.3 Å². The number of hydrogen-bond donors (Lipinski definition) is 5. The van der Waals surface area contributed by atoms with Crippen LogP contribution >= 0.6 is 0 Å². The third-order valence-corrected chi connectivity index (χ3v) is 10.7. The van der Waals surface area contributed by atoms with Crippen molar-refractivity contribution in [1.29, 1.82) is 0 Å². The van der Waals surface area contributed by atoms with Crippen molar-refractivity contribution in [2.75, 3.05) is 0 Å². The first-order valence-corrected chi connectivity index (χ1v) is 12.8. The fraction of sp³-hybridized carbons (Fsp3) is 0.960. The molecule has 1 saturated heterocycles. The van der Waals surface area contributed by atoms with Crippen LogP contribution in [0.3, 0.4) is 0 Å². The minimum atomic E-state index is -1.70. The highest BCUT2D eigenvalue weighted by molar-refractivity contribution is 5.73. The highest BCUT2D eigenvalue weighted by Crippen LogP contribution is 2.66. The van der Waals surface area contributed by atoms with Gasteiger partial charge in [0.25, 0.3) is 0 Å². The molecule has 33 heavy (non-hydrogen) atoms. The van der Waals surface area contributed by atoms with Gasteiger partial charge in [0.2, 0.25) is 0 Å². The second kappa shape index (κ2) is 8.42. The molecule has 1 heterocycles. The molecular weight excluding hydrogens is 428 g/mol. The summed E-state index contributed by atoms with van der Waals surface area (Å²) in [6, 6.07) is 0. The van der Waals surface area contributed by atoms with Gasteiger partial charge in [0.15, 0.2) is 12.4 Å². The minimum Gasteiger partial charge on any atom is -0.479 e. The van der Waals surface area contributed by atoms with Crippen molar-refractivity contribution in [3.63, 3.8) is 0 Å². The first kappa shape index (κ1) is 23.9. The van der Waals surface area contributed by atoms with E-state index >= 15 is 0 Å². The quantitative estimate of drug-likeness (QED) is 0.395. The van der Waals surface area contributed by atoms with Gasteiger partial charge in [-0.2, -0.15) is 0 Å². The molecule has 13 atom stereocenters. The second-order valence-electron chi connectivity index (χ2n) is 12.1. The molecule has 5 fully saturated rings. The first-order chi connectivity index (χ1) is 15.6. The average Bonchev–Trinajstić information content (AvgIpc) is 3.08. The van der Waals surface area contributed by atoms with Crippen molar-refractivity contribution in [2.45, 2.75) is 115 Å². The van der Waals surface area contributed by atoms with Crippen LogP contribution in [0.15, 0.2) is 0 Å². The van der Waals surface area contributed by atoms with E-state index in [0.29, 0.717) is 23.7 Å². The molecule has 0 aromatic carbocycles. The Bertz CT molecular complexity index is 761. The lowest BCUT2D eigenvalue weighted by Crippen LogP contribution is -2.61. The molecule has 0 spiro atoms. The Balaban J connectivity index is 1.26. The number of aliphatic hydroxyl groups is 4. The van der Waals surface area contributed by atoms with Crippen LogP contribution in [0.4, 0.5) is 0 Å². The number of rotatable bonds is 3. The van der Waals surface area contributed by atoms with Crippen LogP contribution in [0.1, 0.15) is 71.6 Å². The van der Waals surface area contributed by atoms with Crippen LogP contribution in [0.25, 0.3) is 0 Å². The molecule has 1 aliphatic heterocycles. The van der Waals surface area contributed by atoms with Gasteiger partial charge >= 0.3 is 5.97 Å². The minimum absolute atomic E-state index is 0.0746. The topological polar surface area (TPSA) is 137 Å². The van der Waals surface area contributed by atoms with Gasteiger partial charge in [-0.25, -0.2) is 4.79 Å². The maximum absolute atomic E-state index is 11.4. The van der Waals surface area contributed by atoms with Gasteiger partial charge in [-0.1, -0.05) is 13.8 Å². The maximum Gasteiger partial charge on any atom is 0.335 e. The number of carboxylic acid groups (broad SMARTS) is 1. The fourth-order valence-corrected chi connectivity index (χ4v) is 8.67. The Morgan fingerprint density at radius 1 is 0.848 bits per heavy atom. The third-order valence-electron chi connectivity index (χ3n) is 10.7. The Kier molecular flexibility index (Phi) is 6.11. The van der Waals surface area contributed by atoms with E-state index in [4.69, 9.17) is 9.47 Å². The normalized spacial score (nSPS) is 56.5. The van der Waals surface area contributed by atoms with Crippen molar-refractivity contribution in [3.05, 3.63) is 0 Å². The molecule has 1 unspecified atom stereocenters. The average molecular weight is 469 g/mol. The zero-order valence-corrected chi connectivity index (χ0v) is 19.7. The number of aliphatic hydroxyl groups excluding tert-OH is 4. The molecule has 0 bridgehead atoms. The molecule has 0 aromatic rings. The summed E-state index contributed by atoms with van der Waals surface area (Å²) in [5.74, 6) is 1.05. The van der Waals surface area contributed by atoms with Crippen LogP contribution in [0, 0.1) is 34.5 Å². The Morgan fingerprint density at radius 2 is 1.55 bits per heavy atom. The van der Waals surface area contributed by atoms with E-state index in [9.17, 15) is 30.3 Å². The standard InChI is InChI=1S/C25H40O8/c1-24-9-7-13(32-23-20(29)18(27)19(28)21(33-23)22(30)31)11-12(24)3-4-14-15-5-6-17(26)25(15,2)10-8-16(14)24/h12-21,23,26-29H,3-11H2,1-2H3,(H,30,31)/t12?,13-,14+,15+,16+,17+,18+,19+,20-,21+,23-,24+,25+/m1/s1. The van der Waals surface area contributed by atoms with E-state index in [1.807, 2.05) is 0 Å². The molecule has 0 amide bonds. The van der Waals surface area contributed by atoms with Crippen molar-refractivity contribution < 1.29 is 39.8 Å². The summed E-state index contributed by atoms with van der Waals surface area (Å²) >= 11 is 0. The fourth-order valence-electron chi connectivity index (χ4n) is 8.67. The van der Waals surface area contributed by atoms with Gasteiger partial charge in [-0.3, -0.25) is 0 Å². The molecule has 5 aliphatic rings. The number of carboxylic acids is 1. The molecular formula is C25H40O8. The van der Waals surface area contributed by atoms with Crippen LogP contribution in [-0.4, -0.2) is 74.4 Å². The zero-order valence-electron chi connectivity index (χ0n) is 19.7. The number of carbonyl (C=O) groups is 1. The largest absolute Gasteiger partial charge is 0.479 e. The van der Waals surface area contributed by atoms with Crippen molar-refractivity contribution in [1.82, 2.24) is 0 Å². The SMILES string of the molecule is C[C@]12CC[C@H]3[C@@H](CCC4C[C@H](O[C@@H]5O[C@H](C(=O)O)[C@@H](O)[C@H](O)[C@H]5O)CC[C@@]43C)[C@@H]1CC[C@@H]2O. The van der Waals surface area contributed by atoms with E-state index in [1.165, 1.54) is 12.8 Å². The lowest BCUT2D eigenvalue weighted by molar-refractivity contribution is -0.309. The maximum atomic E-state index is 11.4. The zero-order chi connectivity index (χ0) is 23.7. The highest BCUT2D eigenvalue weighted by Gasteiger charge is 2.60. The van der Waals surface area contributed by atoms with Crippen LogP contribution < -0.4 is 0 Å². The molecule has 0 radical (unpaired) electrons. The molecule has 5 rings (SSSR count). The molecule has 8 nitrogen and oxygen atoms in total. The Hall–Kier alpha value is -0.770. The molecule has 188 valence electrons. The van der Waals surface area contributed by atoms with E-state index in [-0.39, 0.29) is 23.0 Å². The monoisotopic (exact) mass is 468 g/mol. The summed E-state index contributed by atoms with van der Waals surface area (Å²) in [5.41, 5.74) is 0.300.